The molecule has 1 saturated carbocycles. The number of allylic oxidation sites excluding steroid dienone is 1. The lowest BCUT2D eigenvalue weighted by Gasteiger charge is -2.31. The van der Waals surface area contributed by atoms with Crippen LogP contribution in [0.3, 0.4) is 0 Å². The topological polar surface area (TPSA) is 77.5 Å². The Balaban J connectivity index is 1.82. The third-order valence-corrected chi connectivity index (χ3v) is 4.83. The van der Waals surface area contributed by atoms with Crippen LogP contribution < -0.4 is 10.6 Å². The first-order chi connectivity index (χ1) is 12.7. The van der Waals surface area contributed by atoms with E-state index >= 15 is 0 Å². The van der Waals surface area contributed by atoms with Gasteiger partial charge in [0.2, 0.25) is 5.76 Å². The molecule has 0 unspecified atom stereocenters. The summed E-state index contributed by atoms with van der Waals surface area (Å²) in [6.45, 7) is 2.63. The zero-order valence-corrected chi connectivity index (χ0v) is 14.8. The van der Waals surface area contributed by atoms with Gasteiger partial charge in [-0.2, -0.15) is 0 Å². The van der Waals surface area contributed by atoms with Gasteiger partial charge in [-0.1, -0.05) is 18.2 Å². The van der Waals surface area contributed by atoms with E-state index in [4.69, 9.17) is 10.1 Å². The van der Waals surface area contributed by atoms with E-state index in [1.807, 2.05) is 23.1 Å². The molecule has 1 aliphatic heterocycles. The Morgan fingerprint density at radius 2 is 2.00 bits per heavy atom. The summed E-state index contributed by atoms with van der Waals surface area (Å²) in [6, 6.07) is 9.10. The summed E-state index contributed by atoms with van der Waals surface area (Å²) in [6.07, 6.45) is 2.69. The lowest BCUT2D eigenvalue weighted by atomic mass is 10.1. The molecule has 2 aliphatic rings. The van der Waals surface area contributed by atoms with Crippen molar-refractivity contribution in [3.63, 3.8) is 0 Å². The fraction of sp³-hybridized carbons (Fsp3) is 0.474. The first-order valence-electron chi connectivity index (χ1n) is 8.93. The van der Waals surface area contributed by atoms with Crippen molar-refractivity contribution in [2.75, 3.05) is 44.8 Å². The van der Waals surface area contributed by atoms with Crippen molar-refractivity contribution < 1.29 is 13.9 Å². The van der Waals surface area contributed by atoms with E-state index in [-0.39, 0.29) is 12.4 Å². The summed E-state index contributed by atoms with van der Waals surface area (Å²) in [5.74, 6) is -0.326. The lowest BCUT2D eigenvalue weighted by molar-refractivity contribution is -0.116. The number of alkyl halides is 1. The van der Waals surface area contributed by atoms with Gasteiger partial charge in [0, 0.05) is 43.5 Å². The van der Waals surface area contributed by atoms with Crippen molar-refractivity contribution in [2.24, 2.45) is 5.41 Å². The summed E-state index contributed by atoms with van der Waals surface area (Å²) < 4.78 is 19.0. The number of carbonyl (C=O) groups is 1. The maximum atomic E-state index is 13.2. The van der Waals surface area contributed by atoms with Crippen LogP contribution in [0.15, 0.2) is 41.8 Å². The molecule has 1 aromatic carbocycles. The van der Waals surface area contributed by atoms with E-state index in [9.17, 15) is 9.18 Å². The maximum absolute atomic E-state index is 13.2. The number of anilines is 1. The second-order valence-corrected chi connectivity index (χ2v) is 6.84. The van der Waals surface area contributed by atoms with Gasteiger partial charge < -0.3 is 25.7 Å². The lowest BCUT2D eigenvalue weighted by Crippen LogP contribution is -2.44. The zero-order chi connectivity index (χ0) is 18.4. The third-order valence-electron chi connectivity index (χ3n) is 4.83. The molecule has 26 heavy (non-hydrogen) atoms. The first-order valence-corrected chi connectivity index (χ1v) is 8.93. The van der Waals surface area contributed by atoms with E-state index < -0.39 is 18.0 Å². The Morgan fingerprint density at radius 3 is 2.58 bits per heavy atom. The molecular weight excluding hydrogens is 335 g/mol. The number of nitrogens with one attached hydrogen (secondary N) is 3. The molecule has 2 fully saturated rings. The van der Waals surface area contributed by atoms with Crippen LogP contribution in [-0.4, -0.2) is 56.5 Å². The molecule has 0 spiro atoms. The molecular formula is C19H25FN4O2. The van der Waals surface area contributed by atoms with Gasteiger partial charge in [0.1, 0.15) is 5.70 Å². The van der Waals surface area contributed by atoms with Gasteiger partial charge in [0.05, 0.1) is 13.3 Å². The molecule has 7 heteroatoms. The standard InChI is InChI=1S/C19H25FN4O2/c20-13-19(6-7-19)14-26-17(16(12-21)24-10-8-22-9-11-24)18(25)23-15-4-2-1-3-5-15/h1-5,12,21-22H,6-11,13-14H2,(H,23,25)/b17-16-,21-12?. The smallest absolute Gasteiger partial charge is 0.293 e. The van der Waals surface area contributed by atoms with Crippen molar-refractivity contribution in [3.8, 4) is 0 Å². The molecule has 140 valence electrons. The fourth-order valence-electron chi connectivity index (χ4n) is 2.89. The van der Waals surface area contributed by atoms with Crippen LogP contribution in [0.25, 0.3) is 0 Å². The molecule has 1 aliphatic carbocycles. The summed E-state index contributed by atoms with van der Waals surface area (Å²) in [4.78, 5) is 14.8. The average molecular weight is 360 g/mol. The van der Waals surface area contributed by atoms with Gasteiger partial charge in [-0.25, -0.2) is 0 Å². The Kier molecular flexibility index (Phi) is 5.88. The first kappa shape index (κ1) is 18.4. The molecule has 0 atom stereocenters. The number of hydrogen-bond donors (Lipinski definition) is 3. The number of ether oxygens (including phenoxy) is 1. The Hall–Kier alpha value is -2.41. The maximum Gasteiger partial charge on any atom is 0.293 e. The van der Waals surface area contributed by atoms with E-state index in [1.54, 1.807) is 12.1 Å². The Morgan fingerprint density at radius 1 is 1.31 bits per heavy atom. The highest BCUT2D eigenvalue weighted by atomic mass is 19.1. The van der Waals surface area contributed by atoms with Crippen LogP contribution in [0.2, 0.25) is 0 Å². The van der Waals surface area contributed by atoms with E-state index in [0.717, 1.165) is 32.1 Å². The zero-order valence-electron chi connectivity index (χ0n) is 14.8. The molecule has 3 rings (SSSR count). The van der Waals surface area contributed by atoms with Crippen LogP contribution >= 0.6 is 0 Å². The van der Waals surface area contributed by atoms with Gasteiger partial charge in [-0.3, -0.25) is 9.18 Å². The van der Waals surface area contributed by atoms with Gasteiger partial charge in [-0.05, 0) is 25.0 Å². The highest BCUT2D eigenvalue weighted by Crippen LogP contribution is 2.46. The largest absolute Gasteiger partial charge is 0.486 e. The van der Waals surface area contributed by atoms with Crippen LogP contribution in [0.5, 0.6) is 0 Å². The quantitative estimate of drug-likeness (QED) is 0.377. The Labute approximate surface area is 152 Å². The number of amides is 1. The van der Waals surface area contributed by atoms with Gasteiger partial charge in [0.25, 0.3) is 5.91 Å². The summed E-state index contributed by atoms with van der Waals surface area (Å²) in [5.41, 5.74) is 0.624. The van der Waals surface area contributed by atoms with Gasteiger partial charge in [-0.15, -0.1) is 0 Å². The molecule has 1 heterocycles. The number of halogens is 1. The molecule has 1 saturated heterocycles. The van der Waals surface area contributed by atoms with E-state index in [0.29, 0.717) is 24.5 Å². The molecule has 0 aromatic heterocycles. The molecule has 1 aromatic rings. The normalized spacial score (nSPS) is 19.3. The van der Waals surface area contributed by atoms with Crippen molar-refractivity contribution in [1.29, 1.82) is 5.41 Å². The van der Waals surface area contributed by atoms with Crippen LogP contribution in [0.1, 0.15) is 12.8 Å². The SMILES string of the molecule is N=C/C(=C(/OCC1(CF)CC1)C(=O)Nc1ccccc1)N1CCNCC1. The highest BCUT2D eigenvalue weighted by Gasteiger charge is 2.44. The molecule has 0 bridgehead atoms. The van der Waals surface area contributed by atoms with Gasteiger partial charge in [0.15, 0.2) is 0 Å². The molecule has 3 N–H and O–H groups in total. The number of carbonyl (C=O) groups excluding carboxylic acids is 1. The number of benzene rings is 1. The van der Waals surface area contributed by atoms with Crippen molar-refractivity contribution in [1.82, 2.24) is 10.2 Å². The fourth-order valence-corrected chi connectivity index (χ4v) is 2.89. The van der Waals surface area contributed by atoms with Crippen LogP contribution in [-0.2, 0) is 9.53 Å². The predicted octanol–water partition coefficient (Wildman–Crippen LogP) is 2.16. The average Bonchev–Trinajstić information content (AvgIpc) is 3.47. The number of nitrogens with zero attached hydrogens (tertiary/aromatic N) is 1. The monoisotopic (exact) mass is 360 g/mol. The summed E-state index contributed by atoms with van der Waals surface area (Å²) in [5, 5.41) is 13.9. The third kappa shape index (κ3) is 4.40. The van der Waals surface area contributed by atoms with Crippen molar-refractivity contribution >= 4 is 17.8 Å². The van der Waals surface area contributed by atoms with E-state index in [1.165, 1.54) is 0 Å². The summed E-state index contributed by atoms with van der Waals surface area (Å²) in [7, 11) is 0. The Bertz CT molecular complexity index is 667. The van der Waals surface area contributed by atoms with Crippen molar-refractivity contribution in [2.45, 2.75) is 12.8 Å². The molecule has 1 amide bonds. The van der Waals surface area contributed by atoms with E-state index in [2.05, 4.69) is 10.6 Å². The predicted molar refractivity (Wildman–Crippen MR) is 98.9 cm³/mol. The highest BCUT2D eigenvalue weighted by molar-refractivity contribution is 6.05. The minimum atomic E-state index is -0.463. The minimum absolute atomic E-state index is 0.0884. The van der Waals surface area contributed by atoms with Crippen LogP contribution in [0.4, 0.5) is 10.1 Å². The molecule has 6 nitrogen and oxygen atoms in total. The van der Waals surface area contributed by atoms with Gasteiger partial charge >= 0.3 is 0 Å². The summed E-state index contributed by atoms with van der Waals surface area (Å²) >= 11 is 0. The van der Waals surface area contributed by atoms with Crippen molar-refractivity contribution in [3.05, 3.63) is 41.8 Å². The second kappa shape index (κ2) is 8.31. The van der Waals surface area contributed by atoms with Crippen LogP contribution in [0, 0.1) is 10.8 Å². The second-order valence-electron chi connectivity index (χ2n) is 6.84. The number of para-hydroxylation sites is 1. The molecule has 0 radical (unpaired) electrons. The number of rotatable bonds is 8. The minimum Gasteiger partial charge on any atom is -0.486 e. The number of piperazine rings is 1. The number of hydrogen-bond acceptors (Lipinski definition) is 5.